The Bertz CT molecular complexity index is 467. The number of hydrogen-bond donors (Lipinski definition) is 3. The zero-order valence-corrected chi connectivity index (χ0v) is 12.3. The fourth-order valence-corrected chi connectivity index (χ4v) is 2.55. The summed E-state index contributed by atoms with van der Waals surface area (Å²) in [6.07, 6.45) is 6.09. The van der Waals surface area contributed by atoms with E-state index in [1.54, 1.807) is 7.11 Å². The first kappa shape index (κ1) is 14.7. The molecule has 1 fully saturated rings. The maximum atomic E-state index is 5.58. The number of hydrogen-bond acceptors (Lipinski definition) is 3. The van der Waals surface area contributed by atoms with Crippen LogP contribution in [-0.4, -0.2) is 19.1 Å². The van der Waals surface area contributed by atoms with Crippen LogP contribution < -0.4 is 21.3 Å². The van der Waals surface area contributed by atoms with Gasteiger partial charge in [0.15, 0.2) is 0 Å². The van der Waals surface area contributed by atoms with Crippen LogP contribution in [0, 0.1) is 6.92 Å². The molecule has 1 aliphatic carbocycles. The second kappa shape index (κ2) is 7.14. The standard InChI is InChI=1S/C15H24N4O/c1-11-8-9-14(20-2)13(10-11)18-15(19-16)17-12-6-4-3-5-7-12/h8-10,12H,3-7,16H2,1-2H3,(H2,17,18,19). The summed E-state index contributed by atoms with van der Waals surface area (Å²) < 4.78 is 5.35. The van der Waals surface area contributed by atoms with Crippen LogP contribution in [-0.2, 0) is 0 Å². The average molecular weight is 276 g/mol. The normalized spacial score (nSPS) is 16.9. The number of ether oxygens (including phenoxy) is 1. The number of methoxy groups -OCH3 is 1. The Morgan fingerprint density at radius 2 is 2.05 bits per heavy atom. The van der Waals surface area contributed by atoms with Crippen LogP contribution in [0.25, 0.3) is 0 Å². The van der Waals surface area contributed by atoms with Crippen LogP contribution in [0.3, 0.4) is 0 Å². The first-order chi connectivity index (χ1) is 9.72. The molecule has 0 radical (unpaired) electrons. The van der Waals surface area contributed by atoms with Crippen molar-refractivity contribution in [2.75, 3.05) is 12.4 Å². The smallest absolute Gasteiger partial charge is 0.210 e. The van der Waals surface area contributed by atoms with Crippen LogP contribution in [0.2, 0.25) is 0 Å². The summed E-state index contributed by atoms with van der Waals surface area (Å²) in [4.78, 5) is 4.67. The molecule has 0 spiro atoms. The summed E-state index contributed by atoms with van der Waals surface area (Å²) in [6, 6.07) is 6.33. The predicted octanol–water partition coefficient (Wildman–Crippen LogP) is 2.57. The number of guanidine groups is 1. The molecule has 1 saturated carbocycles. The van der Waals surface area contributed by atoms with Gasteiger partial charge in [-0.3, -0.25) is 5.43 Å². The molecule has 0 aliphatic heterocycles. The fraction of sp³-hybridized carbons (Fsp3) is 0.533. The molecule has 0 saturated heterocycles. The highest BCUT2D eigenvalue weighted by Gasteiger charge is 2.13. The van der Waals surface area contributed by atoms with Gasteiger partial charge < -0.3 is 10.1 Å². The third-order valence-electron chi connectivity index (χ3n) is 3.63. The van der Waals surface area contributed by atoms with Gasteiger partial charge in [0.05, 0.1) is 18.8 Å². The number of rotatable bonds is 3. The second-order valence-corrected chi connectivity index (χ2v) is 5.24. The van der Waals surface area contributed by atoms with Gasteiger partial charge in [-0.25, -0.2) is 10.8 Å². The average Bonchev–Trinajstić information content (AvgIpc) is 2.48. The zero-order valence-electron chi connectivity index (χ0n) is 12.3. The number of nitrogens with zero attached hydrogens (tertiary/aromatic N) is 1. The lowest BCUT2D eigenvalue weighted by molar-refractivity contribution is 0.416. The molecule has 20 heavy (non-hydrogen) atoms. The lowest BCUT2D eigenvalue weighted by Crippen LogP contribution is -2.37. The molecule has 0 heterocycles. The molecule has 110 valence electrons. The molecule has 0 bridgehead atoms. The SMILES string of the molecule is COc1ccc(C)cc1NC(=NC1CCCCC1)NN. The molecular weight excluding hydrogens is 252 g/mol. The third-order valence-corrected chi connectivity index (χ3v) is 3.63. The first-order valence-corrected chi connectivity index (χ1v) is 7.19. The zero-order chi connectivity index (χ0) is 14.4. The van der Waals surface area contributed by atoms with E-state index in [9.17, 15) is 0 Å². The number of anilines is 1. The van der Waals surface area contributed by atoms with Crippen LogP contribution >= 0.6 is 0 Å². The summed E-state index contributed by atoms with van der Waals surface area (Å²) in [7, 11) is 1.66. The number of nitrogens with two attached hydrogens (primary N) is 1. The fourth-order valence-electron chi connectivity index (χ4n) is 2.55. The lowest BCUT2D eigenvalue weighted by atomic mass is 9.96. The highest BCUT2D eigenvalue weighted by Crippen LogP contribution is 2.25. The van der Waals surface area contributed by atoms with Crippen LogP contribution in [0.15, 0.2) is 23.2 Å². The minimum Gasteiger partial charge on any atom is -0.495 e. The van der Waals surface area contributed by atoms with Crippen molar-refractivity contribution < 1.29 is 4.74 Å². The molecule has 0 aromatic heterocycles. The Labute approximate surface area is 120 Å². The maximum absolute atomic E-state index is 5.58. The van der Waals surface area contributed by atoms with Gasteiger partial charge in [0.25, 0.3) is 0 Å². The van der Waals surface area contributed by atoms with Gasteiger partial charge in [-0.1, -0.05) is 25.3 Å². The summed E-state index contributed by atoms with van der Waals surface area (Å²) in [6.45, 7) is 2.04. The quantitative estimate of drug-likeness (QED) is 0.343. The van der Waals surface area contributed by atoms with Crippen LogP contribution in [0.5, 0.6) is 5.75 Å². The molecule has 2 rings (SSSR count). The molecule has 1 aliphatic rings. The number of nitrogens with one attached hydrogen (secondary N) is 2. The van der Waals surface area contributed by atoms with E-state index in [0.29, 0.717) is 12.0 Å². The van der Waals surface area contributed by atoms with Gasteiger partial charge in [-0.05, 0) is 37.5 Å². The Morgan fingerprint density at radius 3 is 2.70 bits per heavy atom. The molecule has 5 heteroatoms. The van der Waals surface area contributed by atoms with Gasteiger partial charge in [-0.15, -0.1) is 0 Å². The highest BCUT2D eigenvalue weighted by molar-refractivity contribution is 5.94. The van der Waals surface area contributed by atoms with Crippen molar-refractivity contribution in [2.24, 2.45) is 10.8 Å². The summed E-state index contributed by atoms with van der Waals surface area (Å²) in [5, 5.41) is 3.23. The van der Waals surface area contributed by atoms with Crippen molar-refractivity contribution in [3.8, 4) is 5.75 Å². The van der Waals surface area contributed by atoms with Crippen molar-refractivity contribution in [3.05, 3.63) is 23.8 Å². The Morgan fingerprint density at radius 1 is 1.30 bits per heavy atom. The van der Waals surface area contributed by atoms with E-state index in [2.05, 4.69) is 15.7 Å². The Kier molecular flexibility index (Phi) is 5.24. The molecule has 1 aromatic carbocycles. The molecule has 0 amide bonds. The largest absolute Gasteiger partial charge is 0.495 e. The summed E-state index contributed by atoms with van der Waals surface area (Å²) in [5.74, 6) is 6.96. The first-order valence-electron chi connectivity index (χ1n) is 7.19. The van der Waals surface area contributed by atoms with E-state index in [4.69, 9.17) is 10.6 Å². The third kappa shape index (κ3) is 3.87. The second-order valence-electron chi connectivity index (χ2n) is 5.24. The minimum atomic E-state index is 0.359. The summed E-state index contributed by atoms with van der Waals surface area (Å²) >= 11 is 0. The van der Waals surface area contributed by atoms with Crippen LogP contribution in [0.1, 0.15) is 37.7 Å². The topological polar surface area (TPSA) is 71.7 Å². The van der Waals surface area contributed by atoms with Crippen LogP contribution in [0.4, 0.5) is 5.69 Å². The molecule has 0 unspecified atom stereocenters. The summed E-state index contributed by atoms with van der Waals surface area (Å²) in [5.41, 5.74) is 4.68. The number of hydrazine groups is 1. The van der Waals surface area contributed by atoms with Gasteiger partial charge in [-0.2, -0.15) is 0 Å². The van der Waals surface area contributed by atoms with Gasteiger partial charge in [0.2, 0.25) is 5.96 Å². The monoisotopic (exact) mass is 276 g/mol. The number of aliphatic imine (C=N–C) groups is 1. The Balaban J connectivity index is 2.12. The van der Waals surface area contributed by atoms with Gasteiger partial charge >= 0.3 is 0 Å². The molecule has 1 aromatic rings. The maximum Gasteiger partial charge on any atom is 0.210 e. The predicted molar refractivity (Wildman–Crippen MR) is 83.0 cm³/mol. The van der Waals surface area contributed by atoms with E-state index in [-0.39, 0.29) is 0 Å². The van der Waals surface area contributed by atoms with E-state index in [0.717, 1.165) is 29.8 Å². The Hall–Kier alpha value is -1.75. The molecule has 5 nitrogen and oxygen atoms in total. The van der Waals surface area contributed by atoms with E-state index in [1.807, 2.05) is 25.1 Å². The van der Waals surface area contributed by atoms with E-state index >= 15 is 0 Å². The van der Waals surface area contributed by atoms with Crippen molar-refractivity contribution in [1.29, 1.82) is 0 Å². The molecule has 4 N–H and O–H groups in total. The van der Waals surface area contributed by atoms with Crippen molar-refractivity contribution in [1.82, 2.24) is 5.43 Å². The van der Waals surface area contributed by atoms with Gasteiger partial charge in [0, 0.05) is 0 Å². The molecular formula is C15H24N4O. The van der Waals surface area contributed by atoms with Crippen molar-refractivity contribution in [2.45, 2.75) is 45.1 Å². The highest BCUT2D eigenvalue weighted by atomic mass is 16.5. The van der Waals surface area contributed by atoms with Crippen molar-refractivity contribution >= 4 is 11.6 Å². The van der Waals surface area contributed by atoms with E-state index in [1.165, 1.54) is 19.3 Å². The number of benzene rings is 1. The molecule has 0 atom stereocenters. The minimum absolute atomic E-state index is 0.359. The number of aryl methyl sites for hydroxylation is 1. The van der Waals surface area contributed by atoms with Gasteiger partial charge in [0.1, 0.15) is 5.75 Å². The van der Waals surface area contributed by atoms with E-state index < -0.39 is 0 Å². The van der Waals surface area contributed by atoms with Crippen molar-refractivity contribution in [3.63, 3.8) is 0 Å². The lowest BCUT2D eigenvalue weighted by Gasteiger charge is -2.20.